The highest BCUT2D eigenvalue weighted by Crippen LogP contribution is 2.27. The number of aromatic nitrogens is 3. The summed E-state index contributed by atoms with van der Waals surface area (Å²) in [5, 5.41) is 14.0. The maximum absolute atomic E-state index is 12.5. The van der Waals surface area contributed by atoms with Crippen LogP contribution in [0.25, 0.3) is 0 Å². The van der Waals surface area contributed by atoms with Gasteiger partial charge in [-0.3, -0.25) is 14.7 Å². The monoisotopic (exact) mass is 446 g/mol. The van der Waals surface area contributed by atoms with Crippen molar-refractivity contribution in [2.45, 2.75) is 44.3 Å². The number of anilines is 1. The van der Waals surface area contributed by atoms with Gasteiger partial charge in [-0.05, 0) is 18.4 Å². The van der Waals surface area contributed by atoms with Gasteiger partial charge in [0.1, 0.15) is 0 Å². The molecule has 3 amide bonds. The summed E-state index contributed by atoms with van der Waals surface area (Å²) in [5.74, 6) is 0.818. The van der Waals surface area contributed by atoms with Crippen molar-refractivity contribution in [1.29, 1.82) is 0 Å². The van der Waals surface area contributed by atoms with Gasteiger partial charge in [0.15, 0.2) is 5.16 Å². The number of ether oxygens (including phenoxy) is 1. The average Bonchev–Trinajstić information content (AvgIpc) is 3.15. The number of imide groups is 1. The van der Waals surface area contributed by atoms with Crippen LogP contribution in [-0.2, 0) is 22.6 Å². The minimum atomic E-state index is -0.515. The number of hydrogen-bond donors (Lipinski definition) is 2. The molecule has 1 unspecified atom stereocenters. The SMILES string of the molecule is CC(C)Cn1c(SC(C)C(=O)NC(=O)NCc2ccccc2)nnc1N1CCOCC1. The normalized spacial score (nSPS) is 15.0. The third-order valence-corrected chi connectivity index (χ3v) is 5.80. The molecule has 31 heavy (non-hydrogen) atoms. The van der Waals surface area contributed by atoms with E-state index in [1.54, 1.807) is 6.92 Å². The molecule has 2 heterocycles. The highest BCUT2D eigenvalue weighted by atomic mass is 32.2. The molecule has 0 radical (unpaired) electrons. The van der Waals surface area contributed by atoms with E-state index in [1.165, 1.54) is 11.8 Å². The molecule has 1 aliphatic rings. The van der Waals surface area contributed by atoms with Crippen molar-refractivity contribution < 1.29 is 14.3 Å². The second-order valence-electron chi connectivity index (χ2n) is 7.80. The van der Waals surface area contributed by atoms with Crippen molar-refractivity contribution in [1.82, 2.24) is 25.4 Å². The number of urea groups is 1. The fourth-order valence-electron chi connectivity index (χ4n) is 3.14. The number of hydrogen-bond acceptors (Lipinski definition) is 7. The molecule has 0 aliphatic carbocycles. The van der Waals surface area contributed by atoms with Crippen molar-refractivity contribution in [3.05, 3.63) is 35.9 Å². The lowest BCUT2D eigenvalue weighted by Gasteiger charge is -2.28. The molecule has 0 saturated carbocycles. The minimum Gasteiger partial charge on any atom is -0.378 e. The zero-order chi connectivity index (χ0) is 22.2. The number of thioether (sulfide) groups is 1. The highest BCUT2D eigenvalue weighted by Gasteiger charge is 2.25. The molecular weight excluding hydrogens is 416 g/mol. The summed E-state index contributed by atoms with van der Waals surface area (Å²) in [7, 11) is 0. The van der Waals surface area contributed by atoms with E-state index < -0.39 is 11.3 Å². The van der Waals surface area contributed by atoms with Crippen molar-refractivity contribution in [3.63, 3.8) is 0 Å². The summed E-state index contributed by atoms with van der Waals surface area (Å²) in [6.07, 6.45) is 0. The first kappa shape index (κ1) is 23.1. The van der Waals surface area contributed by atoms with Gasteiger partial charge in [-0.25, -0.2) is 4.79 Å². The zero-order valence-electron chi connectivity index (χ0n) is 18.2. The smallest absolute Gasteiger partial charge is 0.321 e. The van der Waals surface area contributed by atoms with E-state index in [9.17, 15) is 9.59 Å². The molecular formula is C21H30N6O3S. The molecule has 1 atom stereocenters. The Morgan fingerprint density at radius 2 is 1.84 bits per heavy atom. The molecule has 1 aliphatic heterocycles. The molecule has 1 aromatic carbocycles. The molecule has 10 heteroatoms. The van der Waals surface area contributed by atoms with Gasteiger partial charge in [0.2, 0.25) is 11.9 Å². The van der Waals surface area contributed by atoms with E-state index in [0.29, 0.717) is 30.8 Å². The summed E-state index contributed by atoms with van der Waals surface area (Å²) in [4.78, 5) is 26.8. The predicted molar refractivity (Wildman–Crippen MR) is 120 cm³/mol. The van der Waals surface area contributed by atoms with Gasteiger partial charge in [-0.2, -0.15) is 0 Å². The van der Waals surface area contributed by atoms with Gasteiger partial charge in [-0.1, -0.05) is 55.9 Å². The highest BCUT2D eigenvalue weighted by molar-refractivity contribution is 8.00. The first-order valence-electron chi connectivity index (χ1n) is 10.5. The van der Waals surface area contributed by atoms with Crippen LogP contribution in [0.5, 0.6) is 0 Å². The fourth-order valence-corrected chi connectivity index (χ4v) is 3.99. The molecule has 3 rings (SSSR count). The predicted octanol–water partition coefficient (Wildman–Crippen LogP) is 2.28. The summed E-state index contributed by atoms with van der Waals surface area (Å²) in [5.41, 5.74) is 0.963. The summed E-state index contributed by atoms with van der Waals surface area (Å²) >= 11 is 1.30. The van der Waals surface area contributed by atoms with E-state index in [1.807, 2.05) is 30.3 Å². The van der Waals surface area contributed by atoms with Gasteiger partial charge in [0, 0.05) is 26.2 Å². The van der Waals surface area contributed by atoms with Crippen LogP contribution < -0.4 is 15.5 Å². The zero-order valence-corrected chi connectivity index (χ0v) is 19.0. The van der Waals surface area contributed by atoms with Crippen molar-refractivity contribution in [2.75, 3.05) is 31.2 Å². The largest absolute Gasteiger partial charge is 0.378 e. The Bertz CT molecular complexity index is 867. The van der Waals surface area contributed by atoms with Crippen LogP contribution >= 0.6 is 11.8 Å². The molecule has 1 fully saturated rings. The average molecular weight is 447 g/mol. The lowest BCUT2D eigenvalue weighted by molar-refractivity contribution is -0.119. The molecule has 1 aromatic heterocycles. The topological polar surface area (TPSA) is 101 Å². The Morgan fingerprint density at radius 3 is 2.52 bits per heavy atom. The molecule has 2 N–H and O–H groups in total. The number of benzene rings is 1. The number of nitrogens with zero attached hydrogens (tertiary/aromatic N) is 4. The quantitative estimate of drug-likeness (QED) is 0.600. The standard InChI is InChI=1S/C21H30N6O3S/c1-15(2)14-27-20(26-9-11-30-12-10-26)24-25-21(27)31-16(3)18(28)23-19(29)22-13-17-7-5-4-6-8-17/h4-8,15-16H,9-14H2,1-3H3,(H2,22,23,28,29). The van der Waals surface area contributed by atoms with Crippen LogP contribution in [0.2, 0.25) is 0 Å². The van der Waals surface area contributed by atoms with Crippen molar-refractivity contribution in [3.8, 4) is 0 Å². The van der Waals surface area contributed by atoms with E-state index in [4.69, 9.17) is 4.74 Å². The lowest BCUT2D eigenvalue weighted by atomic mass is 10.2. The summed E-state index contributed by atoms with van der Waals surface area (Å²) in [6, 6.07) is 9.02. The first-order valence-corrected chi connectivity index (χ1v) is 11.4. The van der Waals surface area contributed by atoms with Crippen molar-refractivity contribution in [2.24, 2.45) is 5.92 Å². The molecule has 168 valence electrons. The Balaban J connectivity index is 1.59. The van der Waals surface area contributed by atoms with Gasteiger partial charge in [0.25, 0.3) is 0 Å². The third-order valence-electron chi connectivity index (χ3n) is 4.72. The van der Waals surface area contributed by atoms with E-state index in [0.717, 1.165) is 31.1 Å². The Hall–Kier alpha value is -2.59. The van der Waals surface area contributed by atoms with Crippen LogP contribution in [0.1, 0.15) is 26.3 Å². The van der Waals surface area contributed by atoms with Crippen LogP contribution in [0.15, 0.2) is 35.5 Å². The fraction of sp³-hybridized carbons (Fsp3) is 0.524. The number of morpholine rings is 1. The number of carbonyl (C=O) groups is 2. The number of amides is 3. The maximum Gasteiger partial charge on any atom is 0.321 e. The second-order valence-corrected chi connectivity index (χ2v) is 9.11. The van der Waals surface area contributed by atoms with Crippen LogP contribution in [0, 0.1) is 5.92 Å². The van der Waals surface area contributed by atoms with Gasteiger partial charge >= 0.3 is 6.03 Å². The molecule has 9 nitrogen and oxygen atoms in total. The molecule has 2 aromatic rings. The Morgan fingerprint density at radius 1 is 1.13 bits per heavy atom. The Labute approximate surface area is 186 Å². The molecule has 0 bridgehead atoms. The van der Waals surface area contributed by atoms with Gasteiger partial charge < -0.3 is 15.0 Å². The minimum absolute atomic E-state index is 0.354. The van der Waals surface area contributed by atoms with E-state index >= 15 is 0 Å². The summed E-state index contributed by atoms with van der Waals surface area (Å²) < 4.78 is 7.49. The van der Waals surface area contributed by atoms with Crippen LogP contribution in [0.4, 0.5) is 10.7 Å². The third kappa shape index (κ3) is 6.70. The maximum atomic E-state index is 12.5. The van der Waals surface area contributed by atoms with Crippen LogP contribution in [-0.4, -0.2) is 58.3 Å². The summed E-state index contributed by atoms with van der Waals surface area (Å²) in [6.45, 7) is 9.96. The Kier molecular flexibility index (Phi) is 8.30. The van der Waals surface area contributed by atoms with E-state index in [2.05, 4.69) is 44.1 Å². The number of rotatable bonds is 8. The van der Waals surface area contributed by atoms with Gasteiger partial charge in [0.05, 0.1) is 18.5 Å². The molecule has 0 spiro atoms. The van der Waals surface area contributed by atoms with Crippen LogP contribution in [0.3, 0.4) is 0 Å². The van der Waals surface area contributed by atoms with E-state index in [-0.39, 0.29) is 5.91 Å². The first-order chi connectivity index (χ1) is 14.9. The molecule has 1 saturated heterocycles. The van der Waals surface area contributed by atoms with Gasteiger partial charge in [-0.15, -0.1) is 10.2 Å². The second kappa shape index (κ2) is 11.1. The lowest BCUT2D eigenvalue weighted by Crippen LogP contribution is -2.42. The van der Waals surface area contributed by atoms with Crippen molar-refractivity contribution >= 4 is 29.6 Å². The number of carbonyl (C=O) groups excluding carboxylic acids is 2. The number of nitrogens with one attached hydrogen (secondary N) is 2.